The molecule has 2 saturated heterocycles. The van der Waals surface area contributed by atoms with Crippen LogP contribution in [0.2, 0.25) is 0 Å². The third-order valence-corrected chi connectivity index (χ3v) is 17.5. The Hall–Kier alpha value is -0.910. The Kier molecular flexibility index (Phi) is 12.8. The molecule has 0 aromatic rings. The lowest BCUT2D eigenvalue weighted by Gasteiger charge is -2.62. The summed E-state index contributed by atoms with van der Waals surface area (Å²) in [6, 6.07) is 0. The average Bonchev–Trinajstić information content (AvgIpc) is 3.52. The van der Waals surface area contributed by atoms with Crippen molar-refractivity contribution in [3.63, 3.8) is 0 Å². The van der Waals surface area contributed by atoms with Crippen molar-refractivity contribution in [3.05, 3.63) is 11.6 Å². The number of fused-ring (bicyclic) bond motifs is 6. The lowest BCUT2D eigenvalue weighted by molar-refractivity contribution is -0.213. The molecule has 17 atom stereocenters. The molecule has 0 spiro atoms. The first kappa shape index (κ1) is 42.2. The number of carbonyl (C=O) groups is 1. The van der Waals surface area contributed by atoms with E-state index in [1.165, 1.54) is 32.1 Å². The standard InChI is InChI=1S/C46H78N2O7/c1-6-8-9-23-54-42(41-28(3)31-14-11-29(10-7-2)12-15-38(31)55-41)44(5,52)39-19-22-46(53)33-24-35(49)34-25-36(50)37(51)26-45(34,32(33)18-20-43(39,46)4)21-17-30-13-16-40(47)48-27-30/h24,28-32,34,36-42,48,50-53H,6-23,25-27,47H2,1-5H3/t28-,29-,30?,31+,32+,34+,36+,37-,38+,39+,40?,41-,42+,43+,44+,45+,46-/m0/s1. The minimum atomic E-state index is -1.27. The van der Waals surface area contributed by atoms with Crippen molar-refractivity contribution in [2.75, 3.05) is 13.2 Å². The molecule has 314 valence electrons. The number of allylic oxidation sites excluding steroid dienone is 1. The second-order valence-electron chi connectivity index (χ2n) is 20.5. The Morgan fingerprint density at radius 1 is 0.982 bits per heavy atom. The van der Waals surface area contributed by atoms with E-state index in [1.54, 1.807) is 6.08 Å². The Balaban J connectivity index is 1.17. The maximum absolute atomic E-state index is 14.3. The molecule has 0 aromatic carbocycles. The monoisotopic (exact) mass is 771 g/mol. The SMILES string of the molecule is CCCCCO[C@H]([C@H]1O[C@@H]2CC[C@@H](CCC)CC[C@@H]2[C@@H]1C)[C@](C)(O)[C@@H]1CC[C@]2(O)C3=CC(=O)[C@H]4C[C@@H](O)[C@@H](O)C[C@]4(CCC4CCC(N)NC4)[C@@H]3CC[C@]12C. The van der Waals surface area contributed by atoms with Crippen LogP contribution in [-0.2, 0) is 14.3 Å². The predicted octanol–water partition coefficient (Wildman–Crippen LogP) is 6.57. The molecule has 0 bridgehead atoms. The van der Waals surface area contributed by atoms with Gasteiger partial charge in [-0.05, 0) is 156 Å². The number of aliphatic hydroxyl groups excluding tert-OH is 2. The summed E-state index contributed by atoms with van der Waals surface area (Å²) in [6.07, 6.45) is 16.6. The van der Waals surface area contributed by atoms with Gasteiger partial charge in [-0.1, -0.05) is 59.8 Å². The smallest absolute Gasteiger partial charge is 0.159 e. The summed E-state index contributed by atoms with van der Waals surface area (Å²) >= 11 is 0. The minimum Gasteiger partial charge on any atom is -0.390 e. The molecule has 9 heteroatoms. The lowest BCUT2D eigenvalue weighted by atomic mass is 9.44. The van der Waals surface area contributed by atoms with Gasteiger partial charge in [0, 0.05) is 17.9 Å². The number of aliphatic hydroxyl groups is 4. The quantitative estimate of drug-likeness (QED) is 0.114. The van der Waals surface area contributed by atoms with E-state index in [9.17, 15) is 25.2 Å². The van der Waals surface area contributed by atoms with Crippen molar-refractivity contribution in [2.24, 2.45) is 58.0 Å². The van der Waals surface area contributed by atoms with Crippen LogP contribution in [0.3, 0.4) is 0 Å². The van der Waals surface area contributed by atoms with Crippen LogP contribution < -0.4 is 11.1 Å². The summed E-state index contributed by atoms with van der Waals surface area (Å²) in [7, 11) is 0. The summed E-state index contributed by atoms with van der Waals surface area (Å²) in [6.45, 7) is 12.4. The highest BCUT2D eigenvalue weighted by atomic mass is 16.6. The molecule has 4 saturated carbocycles. The van der Waals surface area contributed by atoms with Crippen molar-refractivity contribution < 1.29 is 34.7 Å². The van der Waals surface area contributed by atoms with E-state index >= 15 is 0 Å². The van der Waals surface area contributed by atoms with Crippen molar-refractivity contribution in [1.29, 1.82) is 0 Å². The molecule has 55 heavy (non-hydrogen) atoms. The van der Waals surface area contributed by atoms with Crippen LogP contribution in [0.25, 0.3) is 0 Å². The molecular formula is C46H78N2O7. The molecule has 0 aromatic heterocycles. The van der Waals surface area contributed by atoms with Crippen molar-refractivity contribution >= 4 is 5.78 Å². The maximum atomic E-state index is 14.3. The third-order valence-electron chi connectivity index (χ3n) is 17.5. The number of hydrogen-bond donors (Lipinski definition) is 6. The Labute approximate surface area is 332 Å². The number of carbonyl (C=O) groups excluding carboxylic acids is 1. The van der Waals surface area contributed by atoms with E-state index in [1.807, 2.05) is 6.92 Å². The first-order valence-corrected chi connectivity index (χ1v) is 23.0. The number of rotatable bonds is 13. The predicted molar refractivity (Wildman–Crippen MR) is 215 cm³/mol. The second kappa shape index (κ2) is 16.6. The topological polar surface area (TPSA) is 155 Å². The van der Waals surface area contributed by atoms with E-state index in [4.69, 9.17) is 15.2 Å². The van der Waals surface area contributed by atoms with E-state index in [-0.39, 0.29) is 54.2 Å². The fourth-order valence-electron chi connectivity index (χ4n) is 14.3. The third kappa shape index (κ3) is 7.48. The normalized spacial score (nSPS) is 47.5. The van der Waals surface area contributed by atoms with Gasteiger partial charge in [-0.2, -0.15) is 0 Å². The van der Waals surface area contributed by atoms with E-state index in [2.05, 4.69) is 33.0 Å². The maximum Gasteiger partial charge on any atom is 0.159 e. The molecule has 7 aliphatic rings. The number of piperidine rings is 1. The molecule has 2 unspecified atom stereocenters. The van der Waals surface area contributed by atoms with Gasteiger partial charge in [0.15, 0.2) is 5.78 Å². The van der Waals surface area contributed by atoms with Crippen LogP contribution in [0.5, 0.6) is 0 Å². The van der Waals surface area contributed by atoms with Gasteiger partial charge >= 0.3 is 0 Å². The largest absolute Gasteiger partial charge is 0.390 e. The highest BCUT2D eigenvalue weighted by Gasteiger charge is 2.70. The molecule has 2 heterocycles. The number of nitrogens with one attached hydrogen (secondary N) is 1. The van der Waals surface area contributed by atoms with Crippen LogP contribution in [0.1, 0.15) is 157 Å². The van der Waals surface area contributed by atoms with Crippen LogP contribution in [0.15, 0.2) is 11.6 Å². The first-order valence-electron chi connectivity index (χ1n) is 23.0. The fraction of sp³-hybridized carbons (Fsp3) is 0.935. The van der Waals surface area contributed by atoms with Crippen LogP contribution in [0, 0.1) is 52.3 Å². The zero-order chi connectivity index (χ0) is 39.3. The van der Waals surface area contributed by atoms with Gasteiger partial charge in [-0.15, -0.1) is 0 Å². The van der Waals surface area contributed by atoms with Crippen LogP contribution in [0.4, 0.5) is 0 Å². The van der Waals surface area contributed by atoms with Crippen molar-refractivity contribution in [1.82, 2.24) is 5.32 Å². The molecule has 2 aliphatic heterocycles. The molecule has 7 rings (SSSR count). The zero-order valence-corrected chi connectivity index (χ0v) is 35.0. The van der Waals surface area contributed by atoms with Gasteiger partial charge in [0.1, 0.15) is 6.10 Å². The molecule has 7 N–H and O–H groups in total. The van der Waals surface area contributed by atoms with E-state index in [0.29, 0.717) is 44.1 Å². The molecule has 0 amide bonds. The molecular weight excluding hydrogens is 693 g/mol. The molecule has 6 fully saturated rings. The van der Waals surface area contributed by atoms with Crippen molar-refractivity contribution in [2.45, 2.75) is 205 Å². The first-order chi connectivity index (χ1) is 26.2. The number of unbranched alkanes of at least 4 members (excludes halogenated alkanes) is 2. The second-order valence-corrected chi connectivity index (χ2v) is 20.5. The van der Waals surface area contributed by atoms with Gasteiger partial charge in [-0.3, -0.25) is 4.79 Å². The van der Waals surface area contributed by atoms with Crippen molar-refractivity contribution in [3.8, 4) is 0 Å². The summed E-state index contributed by atoms with van der Waals surface area (Å²) in [5.41, 5.74) is 3.22. The van der Waals surface area contributed by atoms with Gasteiger partial charge in [-0.25, -0.2) is 0 Å². The molecule has 9 nitrogen and oxygen atoms in total. The van der Waals surface area contributed by atoms with E-state index < -0.39 is 40.3 Å². The number of ether oxygens (including phenoxy) is 2. The zero-order valence-electron chi connectivity index (χ0n) is 35.0. The van der Waals surface area contributed by atoms with Gasteiger partial charge < -0.3 is 41.0 Å². The van der Waals surface area contributed by atoms with Gasteiger partial charge in [0.05, 0.1) is 41.8 Å². The Morgan fingerprint density at radius 2 is 1.75 bits per heavy atom. The van der Waals surface area contributed by atoms with E-state index in [0.717, 1.165) is 75.8 Å². The Morgan fingerprint density at radius 3 is 2.47 bits per heavy atom. The molecule has 0 radical (unpaired) electrons. The Bertz CT molecular complexity index is 1370. The lowest BCUT2D eigenvalue weighted by Crippen LogP contribution is -2.64. The van der Waals surface area contributed by atoms with Gasteiger partial charge in [0.2, 0.25) is 0 Å². The number of ketones is 1. The minimum absolute atomic E-state index is 0.0149. The summed E-state index contributed by atoms with van der Waals surface area (Å²) in [5.74, 6) is 1.21. The summed E-state index contributed by atoms with van der Waals surface area (Å²) in [5, 5.41) is 52.0. The summed E-state index contributed by atoms with van der Waals surface area (Å²) in [4.78, 5) is 14.3. The highest BCUT2D eigenvalue weighted by molar-refractivity contribution is 5.95. The summed E-state index contributed by atoms with van der Waals surface area (Å²) < 4.78 is 13.9. The van der Waals surface area contributed by atoms with Crippen LogP contribution >= 0.6 is 0 Å². The molecule has 5 aliphatic carbocycles. The van der Waals surface area contributed by atoms with Gasteiger partial charge in [0.25, 0.3) is 0 Å². The number of nitrogens with two attached hydrogens (primary N) is 1. The highest BCUT2D eigenvalue weighted by Crippen LogP contribution is 2.70. The number of hydrogen-bond acceptors (Lipinski definition) is 9. The fourth-order valence-corrected chi connectivity index (χ4v) is 14.3. The average molecular weight is 771 g/mol. The van der Waals surface area contributed by atoms with Crippen LogP contribution in [-0.4, -0.2) is 87.2 Å².